The van der Waals surface area contributed by atoms with E-state index in [1.807, 2.05) is 4.90 Å². The van der Waals surface area contributed by atoms with Crippen LogP contribution in [-0.4, -0.2) is 36.6 Å². The van der Waals surface area contributed by atoms with E-state index in [1.165, 1.54) is 19.3 Å². The van der Waals surface area contributed by atoms with Crippen molar-refractivity contribution in [2.75, 3.05) is 19.7 Å². The lowest BCUT2D eigenvalue weighted by Crippen LogP contribution is -2.39. The molecule has 3 heteroatoms. The van der Waals surface area contributed by atoms with Gasteiger partial charge in [-0.15, -0.1) is 0 Å². The predicted octanol–water partition coefficient (Wildman–Crippen LogP) is 2.59. The zero-order valence-corrected chi connectivity index (χ0v) is 11.0. The molecule has 0 bridgehead atoms. The highest BCUT2D eigenvalue weighted by atomic mass is 16.5. The van der Waals surface area contributed by atoms with Crippen LogP contribution in [0.5, 0.6) is 0 Å². The molecule has 0 aromatic rings. The fourth-order valence-electron chi connectivity index (χ4n) is 2.95. The number of ether oxygens (including phenoxy) is 1. The molecule has 2 aliphatic rings. The summed E-state index contributed by atoms with van der Waals surface area (Å²) in [6.07, 6.45) is 8.75. The number of nitrogens with zero attached hydrogens (tertiary/aromatic N) is 1. The summed E-state index contributed by atoms with van der Waals surface area (Å²) in [7, 11) is 0. The Bertz CT molecular complexity index is 249. The van der Waals surface area contributed by atoms with Crippen LogP contribution in [0.1, 0.15) is 51.9 Å². The summed E-state index contributed by atoms with van der Waals surface area (Å²) < 4.78 is 5.78. The highest BCUT2D eigenvalue weighted by Gasteiger charge is 2.22. The maximum absolute atomic E-state index is 11.9. The van der Waals surface area contributed by atoms with Crippen molar-refractivity contribution in [3.63, 3.8) is 0 Å². The van der Waals surface area contributed by atoms with Gasteiger partial charge in [0, 0.05) is 13.1 Å². The number of likely N-dealkylation sites (tertiary alicyclic amines) is 1. The van der Waals surface area contributed by atoms with Gasteiger partial charge >= 0.3 is 0 Å². The van der Waals surface area contributed by atoms with Crippen LogP contribution in [0.4, 0.5) is 0 Å². The van der Waals surface area contributed by atoms with Gasteiger partial charge in [0.25, 0.3) is 0 Å². The SMILES string of the molecule is CC1CCCC(OCC(=O)N2CCCCC2)C1. The minimum Gasteiger partial charge on any atom is -0.368 e. The van der Waals surface area contributed by atoms with Crippen molar-refractivity contribution in [2.45, 2.75) is 58.0 Å². The molecule has 1 aliphatic heterocycles. The van der Waals surface area contributed by atoms with Gasteiger partial charge in [0.15, 0.2) is 0 Å². The Morgan fingerprint density at radius 2 is 1.94 bits per heavy atom. The van der Waals surface area contributed by atoms with Crippen LogP contribution < -0.4 is 0 Å². The lowest BCUT2D eigenvalue weighted by atomic mass is 9.89. The third kappa shape index (κ3) is 3.98. The van der Waals surface area contributed by atoms with E-state index < -0.39 is 0 Å². The van der Waals surface area contributed by atoms with Gasteiger partial charge in [-0.3, -0.25) is 4.79 Å². The molecule has 2 rings (SSSR count). The topological polar surface area (TPSA) is 29.5 Å². The minimum absolute atomic E-state index is 0.197. The quantitative estimate of drug-likeness (QED) is 0.757. The lowest BCUT2D eigenvalue weighted by Gasteiger charge is -2.29. The number of hydrogen-bond acceptors (Lipinski definition) is 2. The van der Waals surface area contributed by atoms with E-state index in [1.54, 1.807) is 0 Å². The third-order valence-electron chi connectivity index (χ3n) is 4.04. The largest absolute Gasteiger partial charge is 0.368 e. The molecule has 2 fully saturated rings. The molecule has 1 amide bonds. The summed E-state index contributed by atoms with van der Waals surface area (Å²) >= 11 is 0. The molecule has 17 heavy (non-hydrogen) atoms. The maximum Gasteiger partial charge on any atom is 0.248 e. The van der Waals surface area contributed by atoms with Crippen LogP contribution in [0, 0.1) is 5.92 Å². The first kappa shape index (κ1) is 12.9. The van der Waals surface area contributed by atoms with Gasteiger partial charge in [0.1, 0.15) is 6.61 Å². The van der Waals surface area contributed by atoms with E-state index in [-0.39, 0.29) is 5.91 Å². The average Bonchev–Trinajstić information content (AvgIpc) is 2.37. The van der Waals surface area contributed by atoms with Crippen LogP contribution in [-0.2, 0) is 9.53 Å². The number of amides is 1. The Balaban J connectivity index is 1.68. The predicted molar refractivity (Wildman–Crippen MR) is 67.8 cm³/mol. The first-order valence-corrected chi connectivity index (χ1v) is 7.15. The molecule has 0 aromatic carbocycles. The normalized spacial score (nSPS) is 30.3. The monoisotopic (exact) mass is 239 g/mol. The van der Waals surface area contributed by atoms with E-state index in [0.29, 0.717) is 12.7 Å². The van der Waals surface area contributed by atoms with Crippen molar-refractivity contribution < 1.29 is 9.53 Å². The standard InChI is InChI=1S/C14H25NO2/c1-12-6-5-7-13(10-12)17-11-14(16)15-8-3-2-4-9-15/h12-13H,2-11H2,1H3. The van der Waals surface area contributed by atoms with Crippen LogP contribution in [0.15, 0.2) is 0 Å². The van der Waals surface area contributed by atoms with Crippen molar-refractivity contribution in [1.82, 2.24) is 4.90 Å². The van der Waals surface area contributed by atoms with E-state index in [0.717, 1.165) is 44.7 Å². The molecule has 2 unspecified atom stereocenters. The molecule has 2 atom stereocenters. The Morgan fingerprint density at radius 3 is 2.65 bits per heavy atom. The molecular weight excluding hydrogens is 214 g/mol. The van der Waals surface area contributed by atoms with E-state index in [2.05, 4.69) is 6.92 Å². The number of carbonyl (C=O) groups is 1. The zero-order valence-electron chi connectivity index (χ0n) is 11.0. The van der Waals surface area contributed by atoms with Crippen molar-refractivity contribution >= 4 is 5.91 Å². The van der Waals surface area contributed by atoms with Crippen LogP contribution in [0.3, 0.4) is 0 Å². The van der Waals surface area contributed by atoms with Crippen LogP contribution >= 0.6 is 0 Å². The van der Waals surface area contributed by atoms with Gasteiger partial charge in [-0.05, 0) is 38.0 Å². The second-order valence-corrected chi connectivity index (χ2v) is 5.65. The Hall–Kier alpha value is -0.570. The van der Waals surface area contributed by atoms with E-state index in [4.69, 9.17) is 4.74 Å². The van der Waals surface area contributed by atoms with E-state index >= 15 is 0 Å². The number of hydrogen-bond donors (Lipinski definition) is 0. The smallest absolute Gasteiger partial charge is 0.248 e. The summed E-state index contributed by atoms with van der Waals surface area (Å²) in [5, 5.41) is 0. The van der Waals surface area contributed by atoms with Gasteiger partial charge < -0.3 is 9.64 Å². The minimum atomic E-state index is 0.197. The lowest BCUT2D eigenvalue weighted by molar-refractivity contribution is -0.140. The molecule has 0 aromatic heterocycles. The van der Waals surface area contributed by atoms with Gasteiger partial charge in [-0.2, -0.15) is 0 Å². The second kappa shape index (κ2) is 6.39. The highest BCUT2D eigenvalue weighted by Crippen LogP contribution is 2.25. The molecule has 1 aliphatic carbocycles. The van der Waals surface area contributed by atoms with E-state index in [9.17, 15) is 4.79 Å². The Morgan fingerprint density at radius 1 is 1.18 bits per heavy atom. The molecule has 1 saturated carbocycles. The van der Waals surface area contributed by atoms with Gasteiger partial charge in [-0.1, -0.05) is 19.8 Å². The first-order chi connectivity index (χ1) is 8.25. The number of carbonyl (C=O) groups excluding carboxylic acids is 1. The van der Waals surface area contributed by atoms with Gasteiger partial charge in [0.05, 0.1) is 6.10 Å². The van der Waals surface area contributed by atoms with Crippen molar-refractivity contribution in [2.24, 2.45) is 5.92 Å². The Kier molecular flexibility index (Phi) is 4.84. The van der Waals surface area contributed by atoms with Crippen molar-refractivity contribution in [3.8, 4) is 0 Å². The van der Waals surface area contributed by atoms with Crippen LogP contribution in [0.25, 0.3) is 0 Å². The summed E-state index contributed by atoms with van der Waals surface area (Å²) in [6, 6.07) is 0. The number of rotatable bonds is 3. The average molecular weight is 239 g/mol. The van der Waals surface area contributed by atoms with Crippen molar-refractivity contribution in [3.05, 3.63) is 0 Å². The highest BCUT2D eigenvalue weighted by molar-refractivity contribution is 5.77. The molecule has 0 spiro atoms. The number of piperidine rings is 1. The van der Waals surface area contributed by atoms with Gasteiger partial charge in [0.2, 0.25) is 5.91 Å². The van der Waals surface area contributed by atoms with Crippen molar-refractivity contribution in [1.29, 1.82) is 0 Å². The summed E-state index contributed by atoms with van der Waals surface area (Å²) in [5.41, 5.74) is 0. The molecule has 98 valence electrons. The fraction of sp³-hybridized carbons (Fsp3) is 0.929. The molecule has 0 N–H and O–H groups in total. The maximum atomic E-state index is 11.9. The molecule has 1 heterocycles. The molecule has 3 nitrogen and oxygen atoms in total. The summed E-state index contributed by atoms with van der Waals surface area (Å²) in [5.74, 6) is 0.960. The molecule has 0 radical (unpaired) electrons. The zero-order chi connectivity index (χ0) is 12.1. The molecule has 1 saturated heterocycles. The second-order valence-electron chi connectivity index (χ2n) is 5.65. The molecular formula is C14H25NO2. The Labute approximate surface area is 105 Å². The summed E-state index contributed by atoms with van der Waals surface area (Å²) in [4.78, 5) is 13.9. The first-order valence-electron chi connectivity index (χ1n) is 7.15. The third-order valence-corrected chi connectivity index (χ3v) is 4.04. The van der Waals surface area contributed by atoms with Gasteiger partial charge in [-0.25, -0.2) is 0 Å². The summed E-state index contributed by atoms with van der Waals surface area (Å²) in [6.45, 7) is 4.45. The van der Waals surface area contributed by atoms with Crippen LogP contribution in [0.2, 0.25) is 0 Å². The fourth-order valence-corrected chi connectivity index (χ4v) is 2.95.